The van der Waals surface area contributed by atoms with Crippen LogP contribution >= 0.6 is 0 Å². The molecule has 1 aromatic carbocycles. The summed E-state index contributed by atoms with van der Waals surface area (Å²) >= 11 is 0. The lowest BCUT2D eigenvalue weighted by atomic mass is 9.97. The molecule has 1 saturated carbocycles. The lowest BCUT2D eigenvalue weighted by Crippen LogP contribution is -1.95. The Kier molecular flexibility index (Phi) is 2.81. The summed E-state index contributed by atoms with van der Waals surface area (Å²) in [7, 11) is 1.73. The van der Waals surface area contributed by atoms with Crippen LogP contribution in [0.4, 0.5) is 0 Å². The van der Waals surface area contributed by atoms with Gasteiger partial charge in [0.15, 0.2) is 0 Å². The van der Waals surface area contributed by atoms with Gasteiger partial charge in [-0.05, 0) is 42.9 Å². The van der Waals surface area contributed by atoms with Gasteiger partial charge in [0.25, 0.3) is 0 Å². The average molecular weight is 201 g/mol. The second kappa shape index (κ2) is 4.09. The predicted molar refractivity (Wildman–Crippen MR) is 63.3 cm³/mol. The Hall–Kier alpha value is -1.24. The smallest absolute Gasteiger partial charge is 0.122 e. The maximum absolute atomic E-state index is 5.37. The molecular weight excluding hydrogens is 184 g/mol. The van der Waals surface area contributed by atoms with Gasteiger partial charge < -0.3 is 4.74 Å². The Labute approximate surface area is 91.8 Å². The Bertz CT molecular complexity index is 364. The highest BCUT2D eigenvalue weighted by atomic mass is 16.5. The molecule has 1 aliphatic rings. The van der Waals surface area contributed by atoms with E-state index in [4.69, 9.17) is 4.74 Å². The number of methoxy groups -OCH3 is 1. The molecule has 0 N–H and O–H groups in total. The minimum absolute atomic E-state index is 0.174. The third-order valence-corrected chi connectivity index (χ3v) is 2.98. The van der Waals surface area contributed by atoms with Crippen molar-refractivity contribution in [2.75, 3.05) is 7.11 Å². The highest BCUT2D eigenvalue weighted by Gasteiger charge is 2.27. The molecule has 1 aliphatic carbocycles. The third kappa shape index (κ3) is 2.06. The van der Waals surface area contributed by atoms with Crippen LogP contribution in [0, 0.1) is 6.92 Å². The van der Waals surface area contributed by atoms with Crippen LogP contribution in [0.5, 0.6) is 5.75 Å². The minimum Gasteiger partial charge on any atom is -0.496 e. The summed E-state index contributed by atoms with van der Waals surface area (Å²) in [6.45, 7) is 7.82. The summed E-state index contributed by atoms with van der Waals surface area (Å²) in [4.78, 5) is 0. The van der Waals surface area contributed by atoms with E-state index in [0.717, 1.165) is 5.75 Å². The van der Waals surface area contributed by atoms with Gasteiger partial charge in [-0.25, -0.2) is 0 Å². The van der Waals surface area contributed by atoms with Crippen molar-refractivity contribution in [3.05, 3.63) is 48.9 Å². The number of rotatable bonds is 4. The van der Waals surface area contributed by atoms with Crippen LogP contribution in [0.15, 0.2) is 30.9 Å². The molecule has 1 heteroatoms. The van der Waals surface area contributed by atoms with Gasteiger partial charge in [0.05, 0.1) is 7.11 Å². The van der Waals surface area contributed by atoms with Gasteiger partial charge in [0.1, 0.15) is 5.75 Å². The van der Waals surface area contributed by atoms with Crippen molar-refractivity contribution in [3.63, 3.8) is 0 Å². The molecular formula is C14H17O. The fourth-order valence-corrected chi connectivity index (χ4v) is 1.83. The molecule has 1 fully saturated rings. The maximum Gasteiger partial charge on any atom is 0.122 e. The summed E-state index contributed by atoms with van der Waals surface area (Å²) in [5, 5.41) is 0. The van der Waals surface area contributed by atoms with Crippen molar-refractivity contribution in [2.24, 2.45) is 0 Å². The van der Waals surface area contributed by atoms with E-state index < -0.39 is 0 Å². The first-order valence-electron chi connectivity index (χ1n) is 5.39. The number of hydrogen-bond donors (Lipinski definition) is 0. The molecule has 79 valence electrons. The number of hydrogen-bond acceptors (Lipinski definition) is 1. The lowest BCUT2D eigenvalue weighted by molar-refractivity contribution is 0.409. The van der Waals surface area contributed by atoms with Crippen LogP contribution in [0.3, 0.4) is 0 Å². The van der Waals surface area contributed by atoms with E-state index in [-0.39, 0.29) is 5.92 Å². The molecule has 2 rings (SSSR count). The monoisotopic (exact) mass is 201 g/mol. The summed E-state index contributed by atoms with van der Waals surface area (Å²) in [5.41, 5.74) is 2.57. The summed E-state index contributed by atoms with van der Waals surface area (Å²) in [6, 6.07) is 6.34. The van der Waals surface area contributed by atoms with E-state index >= 15 is 0 Å². The Balaban J connectivity index is 2.35. The van der Waals surface area contributed by atoms with Crippen LogP contribution in [0.1, 0.15) is 35.8 Å². The van der Waals surface area contributed by atoms with Crippen LogP contribution in [0.2, 0.25) is 0 Å². The summed E-state index contributed by atoms with van der Waals surface area (Å²) < 4.78 is 5.37. The molecule has 0 amide bonds. The van der Waals surface area contributed by atoms with Gasteiger partial charge in [-0.15, -0.1) is 6.58 Å². The first-order valence-corrected chi connectivity index (χ1v) is 5.39. The van der Waals surface area contributed by atoms with Crippen LogP contribution in [0.25, 0.3) is 0 Å². The van der Waals surface area contributed by atoms with Crippen molar-refractivity contribution in [1.29, 1.82) is 0 Å². The van der Waals surface area contributed by atoms with Crippen molar-refractivity contribution in [2.45, 2.75) is 24.7 Å². The van der Waals surface area contributed by atoms with Gasteiger partial charge in [-0.1, -0.05) is 18.2 Å². The van der Waals surface area contributed by atoms with Gasteiger partial charge in [-0.2, -0.15) is 0 Å². The number of ether oxygens (including phenoxy) is 1. The molecule has 1 atom stereocenters. The van der Waals surface area contributed by atoms with Crippen molar-refractivity contribution in [3.8, 4) is 5.75 Å². The van der Waals surface area contributed by atoms with Crippen LogP contribution in [-0.4, -0.2) is 7.11 Å². The average Bonchev–Trinajstić information content (AvgIpc) is 3.11. The van der Waals surface area contributed by atoms with Gasteiger partial charge in [0, 0.05) is 5.92 Å². The number of benzene rings is 1. The van der Waals surface area contributed by atoms with E-state index in [1.165, 1.54) is 24.0 Å². The Morgan fingerprint density at radius 3 is 2.73 bits per heavy atom. The van der Waals surface area contributed by atoms with E-state index in [1.54, 1.807) is 7.11 Å². The Morgan fingerprint density at radius 1 is 1.47 bits per heavy atom. The molecule has 1 unspecified atom stereocenters. The largest absolute Gasteiger partial charge is 0.496 e. The molecule has 0 bridgehead atoms. The van der Waals surface area contributed by atoms with Crippen LogP contribution in [-0.2, 0) is 0 Å². The Morgan fingerprint density at radius 2 is 2.20 bits per heavy atom. The van der Waals surface area contributed by atoms with Crippen molar-refractivity contribution < 1.29 is 4.74 Å². The zero-order chi connectivity index (χ0) is 10.8. The molecule has 0 aromatic heterocycles. The topological polar surface area (TPSA) is 9.23 Å². The summed E-state index contributed by atoms with van der Waals surface area (Å²) in [6.07, 6.45) is 4.45. The predicted octanol–water partition coefficient (Wildman–Crippen LogP) is 3.68. The number of allylic oxidation sites excluding steroid dienone is 1. The molecule has 1 aromatic rings. The van der Waals surface area contributed by atoms with E-state index in [2.05, 4.69) is 25.6 Å². The highest BCUT2D eigenvalue weighted by Crippen LogP contribution is 2.45. The fourth-order valence-electron chi connectivity index (χ4n) is 1.83. The van der Waals surface area contributed by atoms with E-state index in [1.807, 2.05) is 12.1 Å². The summed E-state index contributed by atoms with van der Waals surface area (Å²) in [5.74, 6) is 1.89. The standard InChI is InChI=1S/C14H17O/c1-4-10(2)12-7-8-14(15-3)13(9-12)11-5-6-11/h4,7-11H,1-2,5-6H2,3H3. The normalized spacial score (nSPS) is 17.2. The lowest BCUT2D eigenvalue weighted by Gasteiger charge is -2.12. The minimum atomic E-state index is 0.174. The molecule has 1 radical (unpaired) electrons. The fraction of sp³-hybridized carbons (Fsp3) is 0.357. The zero-order valence-electron chi connectivity index (χ0n) is 9.20. The van der Waals surface area contributed by atoms with Crippen molar-refractivity contribution in [1.82, 2.24) is 0 Å². The molecule has 0 heterocycles. The van der Waals surface area contributed by atoms with Crippen molar-refractivity contribution >= 4 is 0 Å². The van der Waals surface area contributed by atoms with Crippen LogP contribution < -0.4 is 4.74 Å². The molecule has 15 heavy (non-hydrogen) atoms. The highest BCUT2D eigenvalue weighted by molar-refractivity contribution is 5.43. The van der Waals surface area contributed by atoms with Gasteiger partial charge >= 0.3 is 0 Å². The molecule has 0 saturated heterocycles. The maximum atomic E-state index is 5.37. The quantitative estimate of drug-likeness (QED) is 0.675. The molecule has 0 aliphatic heterocycles. The first-order chi connectivity index (χ1) is 7.26. The van der Waals surface area contributed by atoms with Gasteiger partial charge in [-0.3, -0.25) is 0 Å². The van der Waals surface area contributed by atoms with Gasteiger partial charge in [0.2, 0.25) is 0 Å². The third-order valence-electron chi connectivity index (χ3n) is 2.98. The zero-order valence-corrected chi connectivity index (χ0v) is 9.20. The molecule has 1 nitrogen and oxygen atoms in total. The second-order valence-corrected chi connectivity index (χ2v) is 4.12. The van der Waals surface area contributed by atoms with E-state index in [0.29, 0.717) is 5.92 Å². The van der Waals surface area contributed by atoms with E-state index in [9.17, 15) is 0 Å². The molecule has 0 spiro atoms. The second-order valence-electron chi connectivity index (χ2n) is 4.12. The first kappa shape index (κ1) is 10.3. The SMILES string of the molecule is [CH2]C(C=C)c1ccc(OC)c(C2CC2)c1.